The van der Waals surface area contributed by atoms with Gasteiger partial charge in [-0.2, -0.15) is 0 Å². The Balaban J connectivity index is 3.07. The fourth-order valence-corrected chi connectivity index (χ4v) is 4.48. The van der Waals surface area contributed by atoms with Crippen LogP contribution in [0.3, 0.4) is 0 Å². The van der Waals surface area contributed by atoms with Gasteiger partial charge in [-0.25, -0.2) is 8.42 Å². The standard InChI is InChI=1S/C16H27NO2S/c1-10(2)14(6)20(18,19)9-15(17)16-12(4)7-11(3)8-13(16)5/h7-8,10,14-15H,9,17H2,1-6H3. The summed E-state index contributed by atoms with van der Waals surface area (Å²) in [7, 11) is -3.18. The molecule has 4 heteroatoms. The lowest BCUT2D eigenvalue weighted by Crippen LogP contribution is -2.32. The predicted octanol–water partition coefficient (Wildman–Crippen LogP) is 3.07. The van der Waals surface area contributed by atoms with Gasteiger partial charge in [0, 0.05) is 6.04 Å². The number of rotatable bonds is 5. The first kappa shape index (κ1) is 17.2. The minimum absolute atomic E-state index is 0.0110. The van der Waals surface area contributed by atoms with E-state index in [1.165, 1.54) is 5.56 Å². The summed E-state index contributed by atoms with van der Waals surface area (Å²) in [5.41, 5.74) is 10.5. The molecule has 2 atom stereocenters. The normalized spacial score (nSPS) is 15.4. The minimum Gasteiger partial charge on any atom is -0.323 e. The molecular weight excluding hydrogens is 270 g/mol. The van der Waals surface area contributed by atoms with E-state index in [4.69, 9.17) is 5.73 Å². The summed E-state index contributed by atoms with van der Waals surface area (Å²) in [6, 6.07) is 3.66. The van der Waals surface area contributed by atoms with Crippen molar-refractivity contribution in [3.63, 3.8) is 0 Å². The van der Waals surface area contributed by atoms with Gasteiger partial charge in [0.15, 0.2) is 9.84 Å². The van der Waals surface area contributed by atoms with Crippen LogP contribution >= 0.6 is 0 Å². The molecule has 2 unspecified atom stereocenters. The van der Waals surface area contributed by atoms with E-state index in [-0.39, 0.29) is 16.9 Å². The van der Waals surface area contributed by atoms with Crippen LogP contribution in [0, 0.1) is 26.7 Å². The van der Waals surface area contributed by atoms with Crippen molar-refractivity contribution in [3.05, 3.63) is 34.4 Å². The Hall–Kier alpha value is -0.870. The molecular formula is C16H27NO2S. The van der Waals surface area contributed by atoms with E-state index >= 15 is 0 Å². The molecule has 1 aromatic rings. The lowest BCUT2D eigenvalue weighted by molar-refractivity contribution is 0.540. The Labute approximate surface area is 123 Å². The number of benzene rings is 1. The van der Waals surface area contributed by atoms with E-state index in [0.717, 1.165) is 16.7 Å². The zero-order valence-corrected chi connectivity index (χ0v) is 14.2. The van der Waals surface area contributed by atoms with Gasteiger partial charge in [0.2, 0.25) is 0 Å². The first-order valence-corrected chi connectivity index (χ1v) is 8.82. The monoisotopic (exact) mass is 297 g/mol. The Morgan fingerprint density at radius 2 is 1.50 bits per heavy atom. The average Bonchev–Trinajstić information content (AvgIpc) is 2.25. The van der Waals surface area contributed by atoms with Gasteiger partial charge in [0.05, 0.1) is 11.0 Å². The van der Waals surface area contributed by atoms with Gasteiger partial charge in [0.1, 0.15) is 0 Å². The molecule has 1 rings (SSSR count). The Morgan fingerprint density at radius 1 is 1.05 bits per heavy atom. The van der Waals surface area contributed by atoms with E-state index < -0.39 is 15.9 Å². The number of sulfone groups is 1. The molecule has 0 spiro atoms. The molecule has 0 aliphatic rings. The molecule has 20 heavy (non-hydrogen) atoms. The lowest BCUT2D eigenvalue weighted by Gasteiger charge is -2.22. The van der Waals surface area contributed by atoms with Crippen LogP contribution in [0.2, 0.25) is 0 Å². The quantitative estimate of drug-likeness (QED) is 0.908. The van der Waals surface area contributed by atoms with E-state index in [1.807, 2.05) is 34.6 Å². The minimum atomic E-state index is -3.18. The number of hydrogen-bond donors (Lipinski definition) is 1. The van der Waals surface area contributed by atoms with Crippen molar-refractivity contribution in [1.82, 2.24) is 0 Å². The van der Waals surface area contributed by atoms with Crippen molar-refractivity contribution >= 4 is 9.84 Å². The van der Waals surface area contributed by atoms with Crippen molar-refractivity contribution in [2.24, 2.45) is 11.7 Å². The highest BCUT2D eigenvalue weighted by atomic mass is 32.2. The summed E-state index contributed by atoms with van der Waals surface area (Å²) >= 11 is 0. The maximum atomic E-state index is 12.4. The second-order valence-electron chi connectivity index (χ2n) is 6.20. The second-order valence-corrected chi connectivity index (χ2v) is 8.60. The van der Waals surface area contributed by atoms with Crippen LogP contribution in [0.4, 0.5) is 0 Å². The molecule has 2 N–H and O–H groups in total. The highest BCUT2D eigenvalue weighted by Crippen LogP contribution is 2.25. The van der Waals surface area contributed by atoms with Gasteiger partial charge in [-0.15, -0.1) is 0 Å². The van der Waals surface area contributed by atoms with Crippen LogP contribution in [-0.4, -0.2) is 19.4 Å². The number of nitrogens with two attached hydrogens (primary N) is 1. The molecule has 0 aliphatic carbocycles. The van der Waals surface area contributed by atoms with Crippen LogP contribution in [0.1, 0.15) is 49.1 Å². The maximum absolute atomic E-state index is 12.4. The SMILES string of the molecule is Cc1cc(C)c(C(N)CS(=O)(=O)C(C)C(C)C)c(C)c1. The predicted molar refractivity (Wildman–Crippen MR) is 85.7 cm³/mol. The van der Waals surface area contributed by atoms with Crippen molar-refractivity contribution in [3.8, 4) is 0 Å². The molecule has 0 heterocycles. The van der Waals surface area contributed by atoms with Crippen molar-refractivity contribution in [1.29, 1.82) is 0 Å². The molecule has 3 nitrogen and oxygen atoms in total. The van der Waals surface area contributed by atoms with Crippen LogP contribution in [-0.2, 0) is 9.84 Å². The van der Waals surface area contributed by atoms with Gasteiger partial charge in [-0.1, -0.05) is 31.5 Å². The van der Waals surface area contributed by atoms with Crippen molar-refractivity contribution in [2.75, 3.05) is 5.75 Å². The lowest BCUT2D eigenvalue weighted by atomic mass is 9.95. The van der Waals surface area contributed by atoms with E-state index in [9.17, 15) is 8.42 Å². The summed E-state index contributed by atoms with van der Waals surface area (Å²) in [6.07, 6.45) is 0. The molecule has 0 aliphatic heterocycles. The first-order chi connectivity index (χ1) is 9.06. The highest BCUT2D eigenvalue weighted by Gasteiger charge is 2.27. The summed E-state index contributed by atoms with van der Waals surface area (Å²) < 4.78 is 24.7. The highest BCUT2D eigenvalue weighted by molar-refractivity contribution is 7.92. The van der Waals surface area contributed by atoms with Crippen molar-refractivity contribution < 1.29 is 8.42 Å². The average molecular weight is 297 g/mol. The third-order valence-corrected chi connectivity index (χ3v) is 6.53. The van der Waals surface area contributed by atoms with Crippen LogP contribution < -0.4 is 5.73 Å². The van der Waals surface area contributed by atoms with Gasteiger partial charge in [-0.05, 0) is 50.3 Å². The van der Waals surface area contributed by atoms with Gasteiger partial charge >= 0.3 is 0 Å². The smallest absolute Gasteiger partial charge is 0.155 e. The largest absolute Gasteiger partial charge is 0.323 e. The summed E-state index contributed by atoms with van der Waals surface area (Å²) in [4.78, 5) is 0. The molecule has 0 radical (unpaired) electrons. The number of aryl methyl sites for hydroxylation is 3. The van der Waals surface area contributed by atoms with Crippen LogP contribution in [0.5, 0.6) is 0 Å². The van der Waals surface area contributed by atoms with Gasteiger partial charge in [-0.3, -0.25) is 0 Å². The van der Waals surface area contributed by atoms with E-state index in [0.29, 0.717) is 0 Å². The first-order valence-electron chi connectivity index (χ1n) is 7.11. The van der Waals surface area contributed by atoms with Crippen LogP contribution in [0.25, 0.3) is 0 Å². The third kappa shape index (κ3) is 3.83. The van der Waals surface area contributed by atoms with Crippen molar-refractivity contribution in [2.45, 2.75) is 52.8 Å². The van der Waals surface area contributed by atoms with E-state index in [1.54, 1.807) is 6.92 Å². The Bertz CT molecular complexity index is 553. The maximum Gasteiger partial charge on any atom is 0.155 e. The Morgan fingerprint density at radius 3 is 1.90 bits per heavy atom. The summed E-state index contributed by atoms with van der Waals surface area (Å²) in [5.74, 6) is 0.115. The third-order valence-electron chi connectivity index (χ3n) is 4.03. The topological polar surface area (TPSA) is 60.2 Å². The molecule has 0 saturated heterocycles. The molecule has 0 amide bonds. The van der Waals surface area contributed by atoms with Gasteiger partial charge < -0.3 is 5.73 Å². The van der Waals surface area contributed by atoms with Crippen LogP contribution in [0.15, 0.2) is 12.1 Å². The number of hydrogen-bond acceptors (Lipinski definition) is 3. The molecule has 0 aromatic heterocycles. The molecule has 0 saturated carbocycles. The molecule has 0 bridgehead atoms. The summed E-state index contributed by atoms with van der Waals surface area (Å²) in [6.45, 7) is 11.6. The zero-order valence-electron chi connectivity index (χ0n) is 13.4. The fraction of sp³-hybridized carbons (Fsp3) is 0.625. The Kier molecular flexibility index (Phi) is 5.39. The fourth-order valence-electron chi connectivity index (χ4n) is 2.68. The van der Waals surface area contributed by atoms with E-state index in [2.05, 4.69) is 12.1 Å². The molecule has 1 aromatic carbocycles. The second kappa shape index (κ2) is 6.27. The summed E-state index contributed by atoms with van der Waals surface area (Å²) in [5, 5.41) is -0.361. The molecule has 0 fully saturated rings. The zero-order chi connectivity index (χ0) is 15.7. The molecule has 114 valence electrons. The van der Waals surface area contributed by atoms with Gasteiger partial charge in [0.25, 0.3) is 0 Å².